The molecule has 0 N–H and O–H groups in total. The van der Waals surface area contributed by atoms with E-state index in [0.717, 1.165) is 35.5 Å². The molecule has 1 saturated carbocycles. The fourth-order valence-corrected chi connectivity index (χ4v) is 3.00. The summed E-state index contributed by atoms with van der Waals surface area (Å²) in [5.74, 6) is 0.447. The van der Waals surface area contributed by atoms with Gasteiger partial charge in [0.15, 0.2) is 5.69 Å². The molecule has 0 unspecified atom stereocenters. The number of carbonyl (C=O) groups is 1. The first-order chi connectivity index (χ1) is 11.6. The van der Waals surface area contributed by atoms with Crippen molar-refractivity contribution in [2.24, 2.45) is 0 Å². The third-order valence-corrected chi connectivity index (χ3v) is 4.44. The Bertz CT molecular complexity index is 760. The highest BCUT2D eigenvalue weighted by Crippen LogP contribution is 2.51. The maximum atomic E-state index is 12.0. The van der Waals surface area contributed by atoms with Crippen LogP contribution in [0.3, 0.4) is 0 Å². The van der Waals surface area contributed by atoms with E-state index in [4.69, 9.17) is 9.47 Å². The Morgan fingerprint density at radius 2 is 2.08 bits per heavy atom. The Morgan fingerprint density at radius 3 is 2.75 bits per heavy atom. The molecule has 0 amide bonds. The lowest BCUT2D eigenvalue weighted by Gasteiger charge is -2.11. The molecule has 5 heteroatoms. The zero-order valence-corrected chi connectivity index (χ0v) is 14.8. The quantitative estimate of drug-likeness (QED) is 0.787. The first-order valence-corrected chi connectivity index (χ1v) is 8.64. The molecule has 1 aliphatic carbocycles. The maximum absolute atomic E-state index is 12.0. The summed E-state index contributed by atoms with van der Waals surface area (Å²) in [4.78, 5) is 12.0. The van der Waals surface area contributed by atoms with Gasteiger partial charge in [-0.1, -0.05) is 19.9 Å². The summed E-state index contributed by atoms with van der Waals surface area (Å²) in [5, 5.41) is 4.51. The second kappa shape index (κ2) is 6.30. The van der Waals surface area contributed by atoms with E-state index in [1.807, 2.05) is 49.7 Å². The van der Waals surface area contributed by atoms with Crippen LogP contribution in [0, 0.1) is 6.92 Å². The van der Waals surface area contributed by atoms with E-state index in [1.165, 1.54) is 0 Å². The van der Waals surface area contributed by atoms with Crippen LogP contribution in [0.1, 0.15) is 55.4 Å². The van der Waals surface area contributed by atoms with Crippen molar-refractivity contribution in [2.75, 3.05) is 13.2 Å². The van der Waals surface area contributed by atoms with E-state index in [-0.39, 0.29) is 11.4 Å². The highest BCUT2D eigenvalue weighted by molar-refractivity contribution is 5.87. The van der Waals surface area contributed by atoms with Gasteiger partial charge >= 0.3 is 5.97 Å². The Labute approximate surface area is 142 Å². The minimum absolute atomic E-state index is 0.00926. The Balaban J connectivity index is 0.000000815. The topological polar surface area (TPSA) is 53.4 Å². The molecule has 1 spiro atoms. The molecule has 24 heavy (non-hydrogen) atoms. The first-order valence-electron chi connectivity index (χ1n) is 8.64. The summed E-state index contributed by atoms with van der Waals surface area (Å²) in [6.45, 7) is 8.82. The molecule has 2 heterocycles. The molecular weight excluding hydrogens is 304 g/mol. The van der Waals surface area contributed by atoms with E-state index >= 15 is 0 Å². The number of fused-ring (bicyclic) bond motifs is 4. The van der Waals surface area contributed by atoms with E-state index < -0.39 is 0 Å². The van der Waals surface area contributed by atoms with Crippen molar-refractivity contribution < 1.29 is 14.3 Å². The highest BCUT2D eigenvalue weighted by atomic mass is 16.5. The summed E-state index contributed by atoms with van der Waals surface area (Å²) in [7, 11) is 0. The number of aromatic nitrogens is 2. The first kappa shape index (κ1) is 16.6. The SMILES string of the molecule is CC.CCOC(=O)c1cc2n(n1)-c1cc(C)ccc1OCC21CC1. The molecule has 1 fully saturated rings. The van der Waals surface area contributed by atoms with Crippen LogP contribution >= 0.6 is 0 Å². The van der Waals surface area contributed by atoms with Crippen molar-refractivity contribution in [2.45, 2.75) is 46.0 Å². The van der Waals surface area contributed by atoms with E-state index in [2.05, 4.69) is 5.10 Å². The Kier molecular flexibility index (Phi) is 4.35. The van der Waals surface area contributed by atoms with Gasteiger partial charge in [0, 0.05) is 5.41 Å². The molecular formula is C19H24N2O3. The van der Waals surface area contributed by atoms with Crippen molar-refractivity contribution >= 4 is 5.97 Å². The Morgan fingerprint density at radius 1 is 1.33 bits per heavy atom. The van der Waals surface area contributed by atoms with Crippen molar-refractivity contribution in [3.05, 3.63) is 41.2 Å². The average Bonchev–Trinajstić information content (AvgIpc) is 3.27. The molecule has 0 atom stereocenters. The van der Waals surface area contributed by atoms with Crippen LogP contribution in [0.25, 0.3) is 5.69 Å². The minimum Gasteiger partial charge on any atom is -0.490 e. The van der Waals surface area contributed by atoms with Crippen LogP contribution in [0.15, 0.2) is 24.3 Å². The predicted octanol–water partition coefficient (Wildman–Crippen LogP) is 3.81. The van der Waals surface area contributed by atoms with Gasteiger partial charge in [-0.15, -0.1) is 0 Å². The fraction of sp³-hybridized carbons (Fsp3) is 0.474. The van der Waals surface area contributed by atoms with Gasteiger partial charge in [-0.25, -0.2) is 9.48 Å². The number of esters is 1. The Hall–Kier alpha value is -2.30. The number of hydrogen-bond acceptors (Lipinski definition) is 4. The molecule has 0 saturated heterocycles. The fourth-order valence-electron chi connectivity index (χ4n) is 3.00. The van der Waals surface area contributed by atoms with Gasteiger partial charge in [0.05, 0.1) is 18.9 Å². The molecule has 2 aromatic rings. The minimum atomic E-state index is -0.367. The number of carbonyl (C=O) groups excluding carboxylic acids is 1. The third-order valence-electron chi connectivity index (χ3n) is 4.44. The lowest BCUT2D eigenvalue weighted by atomic mass is 10.0. The molecule has 1 aromatic heterocycles. The van der Waals surface area contributed by atoms with Crippen molar-refractivity contribution in [3.63, 3.8) is 0 Å². The van der Waals surface area contributed by atoms with Crippen LogP contribution in [0.4, 0.5) is 0 Å². The highest BCUT2D eigenvalue weighted by Gasteiger charge is 2.50. The molecule has 128 valence electrons. The lowest BCUT2D eigenvalue weighted by Crippen LogP contribution is -2.17. The van der Waals surface area contributed by atoms with Gasteiger partial charge in [0.25, 0.3) is 0 Å². The van der Waals surface area contributed by atoms with E-state index in [1.54, 1.807) is 6.92 Å². The van der Waals surface area contributed by atoms with Gasteiger partial charge < -0.3 is 9.47 Å². The van der Waals surface area contributed by atoms with Gasteiger partial charge in [-0.3, -0.25) is 0 Å². The van der Waals surface area contributed by atoms with Gasteiger partial charge in [0.2, 0.25) is 0 Å². The average molecular weight is 328 g/mol. The molecule has 0 bridgehead atoms. The normalized spacial score (nSPS) is 16.0. The van der Waals surface area contributed by atoms with E-state index in [0.29, 0.717) is 18.9 Å². The van der Waals surface area contributed by atoms with Crippen LogP contribution < -0.4 is 4.74 Å². The summed E-state index contributed by atoms with van der Waals surface area (Å²) in [6.07, 6.45) is 2.13. The number of rotatable bonds is 2. The van der Waals surface area contributed by atoms with Crippen molar-refractivity contribution in [3.8, 4) is 11.4 Å². The largest absolute Gasteiger partial charge is 0.490 e. The summed E-state index contributed by atoms with van der Waals surface area (Å²) < 4.78 is 13.0. The van der Waals surface area contributed by atoms with Crippen LogP contribution in [0.2, 0.25) is 0 Å². The van der Waals surface area contributed by atoms with Crippen molar-refractivity contribution in [1.82, 2.24) is 9.78 Å². The molecule has 0 radical (unpaired) electrons. The summed E-state index contributed by atoms with van der Waals surface area (Å²) in [5.41, 5.74) is 3.45. The summed E-state index contributed by atoms with van der Waals surface area (Å²) >= 11 is 0. The number of benzene rings is 1. The van der Waals surface area contributed by atoms with E-state index in [9.17, 15) is 4.79 Å². The number of hydrogen-bond donors (Lipinski definition) is 0. The molecule has 1 aliphatic heterocycles. The smallest absolute Gasteiger partial charge is 0.358 e. The second-order valence-corrected chi connectivity index (χ2v) is 6.09. The molecule has 1 aromatic carbocycles. The number of nitrogens with zero attached hydrogens (tertiary/aromatic N) is 2. The van der Waals surface area contributed by atoms with Gasteiger partial charge in [-0.05, 0) is 50.5 Å². The number of ether oxygens (including phenoxy) is 2. The van der Waals surface area contributed by atoms with Crippen molar-refractivity contribution in [1.29, 1.82) is 0 Å². The molecule has 2 aliphatic rings. The lowest BCUT2D eigenvalue weighted by molar-refractivity contribution is 0.0519. The predicted molar refractivity (Wildman–Crippen MR) is 92.0 cm³/mol. The van der Waals surface area contributed by atoms with Gasteiger partial charge in [-0.2, -0.15) is 5.10 Å². The molecule has 5 nitrogen and oxygen atoms in total. The standard InChI is InChI=1S/C17H18N2O3.C2H6/c1-3-21-16(20)12-9-15-17(6-7-17)10-22-14-5-4-11(2)8-13(14)19(15)18-12;1-2/h4-5,8-9H,3,6-7,10H2,1-2H3;1-2H3. The van der Waals surface area contributed by atoms with Crippen LogP contribution in [-0.4, -0.2) is 29.0 Å². The molecule has 4 rings (SSSR count). The maximum Gasteiger partial charge on any atom is 0.358 e. The third kappa shape index (κ3) is 2.68. The zero-order chi connectivity index (χ0) is 17.3. The second-order valence-electron chi connectivity index (χ2n) is 6.09. The monoisotopic (exact) mass is 328 g/mol. The number of aryl methyl sites for hydroxylation is 1. The summed E-state index contributed by atoms with van der Waals surface area (Å²) in [6, 6.07) is 7.91. The van der Waals surface area contributed by atoms with Gasteiger partial charge in [0.1, 0.15) is 11.4 Å². The van der Waals surface area contributed by atoms with Crippen LogP contribution in [0.5, 0.6) is 5.75 Å². The zero-order valence-electron chi connectivity index (χ0n) is 14.8. The van der Waals surface area contributed by atoms with Crippen LogP contribution in [-0.2, 0) is 10.2 Å².